The van der Waals surface area contributed by atoms with Gasteiger partial charge in [0.2, 0.25) is 0 Å². The van der Waals surface area contributed by atoms with Crippen LogP contribution in [0.5, 0.6) is 5.75 Å². The summed E-state index contributed by atoms with van der Waals surface area (Å²) in [6.45, 7) is 0. The highest BCUT2D eigenvalue weighted by molar-refractivity contribution is 6.11. The van der Waals surface area contributed by atoms with Gasteiger partial charge in [-0.05, 0) is 6.07 Å². The summed E-state index contributed by atoms with van der Waals surface area (Å²) in [5.74, 6) is -4.06. The van der Waals surface area contributed by atoms with Gasteiger partial charge in [-0.3, -0.25) is 9.78 Å². The number of carbonyl (C=O) groups excluding carboxylic acids is 1. The standard InChI is InChI=1S/C18H15F3N4O2/c1-25(2)17-10(18(22)26)6-23-16-13(17)12(27-3)7-24-15(16)9-4-8(19)5-11(20)14(9)21/h4-7H,1-3H3,(H2,22,26). The van der Waals surface area contributed by atoms with Crippen LogP contribution in [0.2, 0.25) is 0 Å². The maximum atomic E-state index is 14.3. The summed E-state index contributed by atoms with van der Waals surface area (Å²) in [5, 5.41) is 0.313. The first-order valence-electron chi connectivity index (χ1n) is 7.74. The minimum Gasteiger partial charge on any atom is -0.494 e. The van der Waals surface area contributed by atoms with Crippen LogP contribution in [-0.2, 0) is 0 Å². The number of aromatic nitrogens is 2. The van der Waals surface area contributed by atoms with Crippen LogP contribution in [0.4, 0.5) is 18.9 Å². The Bertz CT molecular complexity index is 1070. The third kappa shape index (κ3) is 3.01. The van der Waals surface area contributed by atoms with Gasteiger partial charge in [-0.15, -0.1) is 0 Å². The van der Waals surface area contributed by atoms with Crippen LogP contribution < -0.4 is 15.4 Å². The number of primary amides is 1. The molecule has 0 saturated carbocycles. The molecule has 6 nitrogen and oxygen atoms in total. The van der Waals surface area contributed by atoms with Crippen molar-refractivity contribution >= 4 is 22.5 Å². The van der Waals surface area contributed by atoms with Gasteiger partial charge in [0, 0.05) is 31.9 Å². The Morgan fingerprint density at radius 3 is 2.44 bits per heavy atom. The molecule has 0 aliphatic heterocycles. The molecule has 1 amide bonds. The molecule has 0 atom stereocenters. The van der Waals surface area contributed by atoms with Crippen molar-refractivity contribution in [3.05, 3.63) is 47.5 Å². The number of halogens is 3. The van der Waals surface area contributed by atoms with Gasteiger partial charge in [0.05, 0.1) is 35.6 Å². The lowest BCUT2D eigenvalue weighted by atomic mass is 10.0. The summed E-state index contributed by atoms with van der Waals surface area (Å²) in [6.07, 6.45) is 2.47. The van der Waals surface area contributed by atoms with Crippen molar-refractivity contribution in [3.63, 3.8) is 0 Å². The van der Waals surface area contributed by atoms with E-state index in [1.165, 1.54) is 19.5 Å². The number of carbonyl (C=O) groups is 1. The van der Waals surface area contributed by atoms with Crippen molar-refractivity contribution in [3.8, 4) is 17.0 Å². The SMILES string of the molecule is COc1cnc(-c2cc(F)cc(F)c2F)c2ncc(C(N)=O)c(N(C)C)c12. The zero-order chi connectivity index (χ0) is 19.9. The van der Waals surface area contributed by atoms with Gasteiger partial charge in [0.15, 0.2) is 11.6 Å². The van der Waals surface area contributed by atoms with Crippen LogP contribution >= 0.6 is 0 Å². The molecule has 0 saturated heterocycles. The topological polar surface area (TPSA) is 81.3 Å². The van der Waals surface area contributed by atoms with Crippen molar-refractivity contribution in [1.29, 1.82) is 0 Å². The maximum Gasteiger partial charge on any atom is 0.252 e. The van der Waals surface area contributed by atoms with Crippen molar-refractivity contribution in [1.82, 2.24) is 9.97 Å². The van der Waals surface area contributed by atoms with E-state index >= 15 is 0 Å². The largest absolute Gasteiger partial charge is 0.494 e. The summed E-state index contributed by atoms with van der Waals surface area (Å²) in [5.41, 5.74) is 5.51. The molecule has 1 aromatic carbocycles. The minimum atomic E-state index is -1.35. The van der Waals surface area contributed by atoms with Crippen molar-refractivity contribution < 1.29 is 22.7 Å². The molecule has 2 N–H and O–H groups in total. The lowest BCUT2D eigenvalue weighted by Crippen LogP contribution is -2.20. The van der Waals surface area contributed by atoms with Gasteiger partial charge in [0.1, 0.15) is 17.1 Å². The third-order valence-electron chi connectivity index (χ3n) is 4.01. The quantitative estimate of drug-likeness (QED) is 0.708. The fourth-order valence-electron chi connectivity index (χ4n) is 2.89. The predicted molar refractivity (Wildman–Crippen MR) is 94.2 cm³/mol. The van der Waals surface area contributed by atoms with Gasteiger partial charge in [-0.25, -0.2) is 18.2 Å². The summed E-state index contributed by atoms with van der Waals surface area (Å²) >= 11 is 0. The van der Waals surface area contributed by atoms with Crippen LogP contribution in [0.1, 0.15) is 10.4 Å². The van der Waals surface area contributed by atoms with E-state index in [0.717, 1.165) is 6.07 Å². The highest BCUT2D eigenvalue weighted by Gasteiger charge is 2.23. The van der Waals surface area contributed by atoms with Gasteiger partial charge >= 0.3 is 0 Å². The van der Waals surface area contributed by atoms with Crippen LogP contribution in [0, 0.1) is 17.5 Å². The van der Waals surface area contributed by atoms with Gasteiger partial charge in [0.25, 0.3) is 5.91 Å². The summed E-state index contributed by atoms with van der Waals surface area (Å²) in [7, 11) is 4.72. The number of hydrogen-bond acceptors (Lipinski definition) is 5. The molecule has 0 bridgehead atoms. The van der Waals surface area contributed by atoms with Gasteiger partial charge < -0.3 is 15.4 Å². The molecule has 0 spiro atoms. The summed E-state index contributed by atoms with van der Waals surface area (Å²) < 4.78 is 47.0. The van der Waals surface area contributed by atoms with E-state index in [4.69, 9.17) is 10.5 Å². The number of methoxy groups -OCH3 is 1. The molecule has 0 aliphatic carbocycles. The van der Waals surface area contributed by atoms with E-state index in [1.807, 2.05) is 0 Å². The number of anilines is 1. The second-order valence-corrected chi connectivity index (χ2v) is 5.93. The Balaban J connectivity index is 2.49. The smallest absolute Gasteiger partial charge is 0.252 e. The molecule has 2 aromatic heterocycles. The van der Waals surface area contributed by atoms with Gasteiger partial charge in [-0.2, -0.15) is 0 Å². The predicted octanol–water partition coefficient (Wildman–Crippen LogP) is 2.89. The number of hydrogen-bond donors (Lipinski definition) is 1. The van der Waals surface area contributed by atoms with Crippen LogP contribution in [-0.4, -0.2) is 37.1 Å². The lowest BCUT2D eigenvalue weighted by molar-refractivity contribution is 0.100. The number of pyridine rings is 2. The van der Waals surface area contributed by atoms with Crippen LogP contribution in [0.3, 0.4) is 0 Å². The molecule has 140 valence electrons. The highest BCUT2D eigenvalue weighted by atomic mass is 19.2. The average molecular weight is 376 g/mol. The zero-order valence-corrected chi connectivity index (χ0v) is 14.7. The second kappa shape index (κ2) is 6.75. The highest BCUT2D eigenvalue weighted by Crippen LogP contribution is 2.39. The first kappa shape index (κ1) is 18.4. The number of nitrogens with zero attached hydrogens (tertiary/aromatic N) is 3. The number of fused-ring (bicyclic) bond motifs is 1. The fourth-order valence-corrected chi connectivity index (χ4v) is 2.89. The Labute approximate surface area is 152 Å². The first-order valence-corrected chi connectivity index (χ1v) is 7.74. The molecule has 3 rings (SSSR count). The maximum absolute atomic E-state index is 14.3. The molecule has 0 fully saturated rings. The molecule has 27 heavy (non-hydrogen) atoms. The fraction of sp³-hybridized carbons (Fsp3) is 0.167. The summed E-state index contributed by atoms with van der Waals surface area (Å²) in [6, 6.07) is 1.26. The molecule has 3 aromatic rings. The molecule has 0 aliphatic rings. The van der Waals surface area contributed by atoms with E-state index in [9.17, 15) is 18.0 Å². The molecule has 2 heterocycles. The molecule has 0 unspecified atom stereocenters. The van der Waals surface area contributed by atoms with Crippen LogP contribution in [0.15, 0.2) is 24.5 Å². The molecule has 0 radical (unpaired) electrons. The Morgan fingerprint density at radius 1 is 1.15 bits per heavy atom. The Hall–Kier alpha value is -3.36. The van der Waals surface area contributed by atoms with Crippen molar-refractivity contribution in [2.75, 3.05) is 26.1 Å². The Morgan fingerprint density at radius 2 is 1.85 bits per heavy atom. The van der Waals surface area contributed by atoms with Crippen molar-refractivity contribution in [2.24, 2.45) is 5.73 Å². The van der Waals surface area contributed by atoms with E-state index < -0.39 is 28.9 Å². The average Bonchev–Trinajstić information content (AvgIpc) is 2.62. The van der Waals surface area contributed by atoms with E-state index in [1.54, 1.807) is 19.0 Å². The third-order valence-corrected chi connectivity index (χ3v) is 4.01. The van der Waals surface area contributed by atoms with E-state index in [0.29, 0.717) is 17.1 Å². The number of benzene rings is 1. The number of nitrogens with two attached hydrogens (primary N) is 1. The summed E-state index contributed by atoms with van der Waals surface area (Å²) in [4.78, 5) is 21.6. The molecular weight excluding hydrogens is 361 g/mol. The molecular formula is C18H15F3N4O2. The second-order valence-electron chi connectivity index (χ2n) is 5.93. The first-order chi connectivity index (χ1) is 12.8. The number of amides is 1. The Kier molecular flexibility index (Phi) is 4.61. The van der Waals surface area contributed by atoms with E-state index in [2.05, 4.69) is 9.97 Å². The lowest BCUT2D eigenvalue weighted by Gasteiger charge is -2.20. The molecule has 9 heteroatoms. The van der Waals surface area contributed by atoms with Crippen molar-refractivity contribution in [2.45, 2.75) is 0 Å². The van der Waals surface area contributed by atoms with Gasteiger partial charge in [-0.1, -0.05) is 0 Å². The van der Waals surface area contributed by atoms with Crippen LogP contribution in [0.25, 0.3) is 22.2 Å². The number of rotatable bonds is 4. The minimum absolute atomic E-state index is 0.0965. The normalized spacial score (nSPS) is 10.9. The van der Waals surface area contributed by atoms with E-state index in [-0.39, 0.29) is 22.5 Å². The monoisotopic (exact) mass is 376 g/mol. The number of ether oxygens (including phenoxy) is 1. The zero-order valence-electron chi connectivity index (χ0n) is 14.7.